The number of methoxy groups -OCH3 is 1. The molecule has 0 saturated heterocycles. The molecule has 0 aliphatic heterocycles. The zero-order chi connectivity index (χ0) is 24.4. The van der Waals surface area contributed by atoms with Gasteiger partial charge in [0.2, 0.25) is 0 Å². The Morgan fingerprint density at radius 2 is 1.76 bits per heavy atom. The molecule has 2 rings (SSSR count). The van der Waals surface area contributed by atoms with Crippen molar-refractivity contribution < 1.29 is 37.0 Å². The number of anilines is 1. The molecule has 6 nitrogen and oxygen atoms in total. The molecule has 1 amide bonds. The van der Waals surface area contributed by atoms with Gasteiger partial charge in [-0.3, -0.25) is 9.59 Å². The van der Waals surface area contributed by atoms with Crippen molar-refractivity contribution in [2.45, 2.75) is 32.4 Å². The van der Waals surface area contributed by atoms with E-state index >= 15 is 0 Å². The Morgan fingerprint density at radius 1 is 1.06 bits per heavy atom. The van der Waals surface area contributed by atoms with Gasteiger partial charge in [-0.25, -0.2) is 0 Å². The lowest BCUT2D eigenvalue weighted by molar-refractivity contribution is -0.150. The highest BCUT2D eigenvalue weighted by Crippen LogP contribution is 2.35. The first-order chi connectivity index (χ1) is 15.7. The fourth-order valence-corrected chi connectivity index (χ4v) is 3.17. The Bertz CT molecular complexity index is 918. The molecule has 9 heteroatoms. The number of benzene rings is 2. The van der Waals surface area contributed by atoms with Crippen LogP contribution < -0.4 is 10.1 Å². The average Bonchev–Trinajstić information content (AvgIpc) is 2.78. The minimum atomic E-state index is -4.60. The van der Waals surface area contributed by atoms with E-state index < -0.39 is 36.1 Å². The molecule has 0 heterocycles. The van der Waals surface area contributed by atoms with Crippen LogP contribution in [0.15, 0.2) is 48.5 Å². The number of alkyl halides is 3. The summed E-state index contributed by atoms with van der Waals surface area (Å²) >= 11 is 0. The number of nitrogens with one attached hydrogen (secondary N) is 1. The highest BCUT2D eigenvalue weighted by molar-refractivity contribution is 5.94. The Hall–Kier alpha value is -3.07. The van der Waals surface area contributed by atoms with Crippen molar-refractivity contribution in [3.63, 3.8) is 0 Å². The van der Waals surface area contributed by atoms with E-state index in [1.807, 2.05) is 44.2 Å². The molecular weight excluding hydrogens is 439 g/mol. The second-order valence-electron chi connectivity index (χ2n) is 7.48. The zero-order valence-corrected chi connectivity index (χ0v) is 18.8. The Labute approximate surface area is 191 Å². The van der Waals surface area contributed by atoms with Crippen LogP contribution in [0.4, 0.5) is 18.9 Å². The van der Waals surface area contributed by atoms with E-state index in [-0.39, 0.29) is 30.6 Å². The van der Waals surface area contributed by atoms with Gasteiger partial charge in [0.15, 0.2) is 6.61 Å². The second kappa shape index (κ2) is 12.2. The number of hydrogen-bond acceptors (Lipinski definition) is 5. The lowest BCUT2D eigenvalue weighted by atomic mass is 9.86. The number of ether oxygens (including phenoxy) is 3. The summed E-state index contributed by atoms with van der Waals surface area (Å²) in [6.07, 6.45) is -3.89. The van der Waals surface area contributed by atoms with Gasteiger partial charge in [-0.05, 0) is 29.7 Å². The number of esters is 1. The Kier molecular flexibility index (Phi) is 9.72. The van der Waals surface area contributed by atoms with Gasteiger partial charge in [-0.1, -0.05) is 50.6 Å². The van der Waals surface area contributed by atoms with Gasteiger partial charge in [-0.2, -0.15) is 13.2 Å². The highest BCUT2D eigenvalue weighted by Gasteiger charge is 2.32. The molecule has 2 atom stereocenters. The minimum Gasteiger partial charge on any atom is -0.489 e. The number of carbonyl (C=O) groups excluding carboxylic acids is 2. The molecular formula is C24H28F3NO5. The molecule has 0 bridgehead atoms. The third kappa shape index (κ3) is 7.78. The summed E-state index contributed by atoms with van der Waals surface area (Å²) < 4.78 is 54.8. The molecule has 0 radical (unpaired) electrons. The monoisotopic (exact) mass is 467 g/mol. The zero-order valence-electron chi connectivity index (χ0n) is 18.8. The Morgan fingerprint density at radius 3 is 2.36 bits per heavy atom. The first kappa shape index (κ1) is 26.2. The normalized spacial score (nSPS) is 13.2. The molecule has 0 aliphatic carbocycles. The minimum absolute atomic E-state index is 0.0350. The van der Waals surface area contributed by atoms with Crippen molar-refractivity contribution in [3.05, 3.63) is 59.7 Å². The first-order valence-corrected chi connectivity index (χ1v) is 10.5. The predicted octanol–water partition coefficient (Wildman–Crippen LogP) is 5.04. The van der Waals surface area contributed by atoms with E-state index in [0.29, 0.717) is 6.42 Å². The molecule has 0 spiro atoms. The number of rotatable bonds is 11. The van der Waals surface area contributed by atoms with Gasteiger partial charge in [0, 0.05) is 7.11 Å². The van der Waals surface area contributed by atoms with Crippen molar-refractivity contribution in [1.29, 1.82) is 0 Å². The molecule has 2 aromatic rings. The van der Waals surface area contributed by atoms with Crippen LogP contribution in [0.1, 0.15) is 37.3 Å². The Balaban J connectivity index is 2.11. The van der Waals surface area contributed by atoms with E-state index in [0.717, 1.165) is 23.8 Å². The second-order valence-corrected chi connectivity index (χ2v) is 7.48. The standard InChI is InChI=1S/C24H28F3NO5/c1-4-16(2)22(17-8-6-5-7-9-17)23(30)33-15-21(29)28-19-14-18(24(25,26)27)10-11-20(19)32-13-12-31-3/h5-11,14,16,22H,4,12-13,15H2,1-3H3,(H,28,29). The third-order valence-corrected chi connectivity index (χ3v) is 5.10. The molecule has 0 saturated carbocycles. The van der Waals surface area contributed by atoms with Crippen LogP contribution in [0.5, 0.6) is 5.75 Å². The maximum Gasteiger partial charge on any atom is 0.416 e. The van der Waals surface area contributed by atoms with Crippen molar-refractivity contribution in [1.82, 2.24) is 0 Å². The van der Waals surface area contributed by atoms with Crippen LogP contribution in [0.25, 0.3) is 0 Å². The van der Waals surface area contributed by atoms with Crippen LogP contribution in [0.2, 0.25) is 0 Å². The summed E-state index contributed by atoms with van der Waals surface area (Å²) in [6, 6.07) is 11.8. The topological polar surface area (TPSA) is 73.9 Å². The molecule has 33 heavy (non-hydrogen) atoms. The number of hydrogen-bond donors (Lipinski definition) is 1. The van der Waals surface area contributed by atoms with E-state index in [2.05, 4.69) is 5.32 Å². The molecule has 0 aliphatic rings. The van der Waals surface area contributed by atoms with Crippen molar-refractivity contribution in [3.8, 4) is 5.75 Å². The van der Waals surface area contributed by atoms with E-state index in [1.54, 1.807) is 0 Å². The van der Waals surface area contributed by atoms with Gasteiger partial charge < -0.3 is 19.5 Å². The number of amides is 1. The van der Waals surface area contributed by atoms with Gasteiger partial charge in [0.25, 0.3) is 5.91 Å². The summed E-state index contributed by atoms with van der Waals surface area (Å²) in [6.45, 7) is 3.49. The maximum atomic E-state index is 13.1. The number of carbonyl (C=O) groups is 2. The average molecular weight is 467 g/mol. The van der Waals surface area contributed by atoms with Gasteiger partial charge in [-0.15, -0.1) is 0 Å². The van der Waals surface area contributed by atoms with Crippen LogP contribution in [0.3, 0.4) is 0 Å². The smallest absolute Gasteiger partial charge is 0.416 e. The first-order valence-electron chi connectivity index (χ1n) is 10.5. The van der Waals surface area contributed by atoms with Crippen LogP contribution in [-0.2, 0) is 25.2 Å². The molecule has 0 fully saturated rings. The fourth-order valence-electron chi connectivity index (χ4n) is 3.17. The van der Waals surface area contributed by atoms with Gasteiger partial charge in [0.1, 0.15) is 12.4 Å². The quantitative estimate of drug-likeness (QED) is 0.370. The summed E-state index contributed by atoms with van der Waals surface area (Å²) in [7, 11) is 1.45. The SMILES string of the molecule is CCC(C)C(C(=O)OCC(=O)Nc1cc(C(F)(F)F)ccc1OCCOC)c1ccccc1. The van der Waals surface area contributed by atoms with Crippen LogP contribution >= 0.6 is 0 Å². The van der Waals surface area contributed by atoms with Crippen molar-refractivity contribution in [2.24, 2.45) is 5.92 Å². The summed E-state index contributed by atoms with van der Waals surface area (Å²) in [4.78, 5) is 25.1. The molecule has 2 aromatic carbocycles. The summed E-state index contributed by atoms with van der Waals surface area (Å²) in [5, 5.41) is 2.35. The lowest BCUT2D eigenvalue weighted by Gasteiger charge is -2.22. The third-order valence-electron chi connectivity index (χ3n) is 5.10. The van der Waals surface area contributed by atoms with Crippen molar-refractivity contribution in [2.75, 3.05) is 32.2 Å². The van der Waals surface area contributed by atoms with E-state index in [1.165, 1.54) is 7.11 Å². The molecule has 1 N–H and O–H groups in total. The molecule has 180 valence electrons. The fraction of sp³-hybridized carbons (Fsp3) is 0.417. The van der Waals surface area contributed by atoms with Crippen LogP contribution in [0, 0.1) is 5.92 Å². The van der Waals surface area contributed by atoms with Gasteiger partial charge in [0.05, 0.1) is 23.8 Å². The molecule has 0 aromatic heterocycles. The maximum absolute atomic E-state index is 13.1. The van der Waals surface area contributed by atoms with Gasteiger partial charge >= 0.3 is 12.1 Å². The molecule has 2 unspecified atom stereocenters. The predicted molar refractivity (Wildman–Crippen MR) is 117 cm³/mol. The van der Waals surface area contributed by atoms with E-state index in [9.17, 15) is 22.8 Å². The largest absolute Gasteiger partial charge is 0.489 e. The van der Waals surface area contributed by atoms with Crippen molar-refractivity contribution >= 4 is 17.6 Å². The lowest BCUT2D eigenvalue weighted by Crippen LogP contribution is -2.27. The van der Waals surface area contributed by atoms with E-state index in [4.69, 9.17) is 14.2 Å². The highest BCUT2D eigenvalue weighted by atomic mass is 19.4. The number of halogens is 3. The summed E-state index contributed by atoms with van der Waals surface area (Å²) in [5.41, 5.74) is -0.359. The summed E-state index contributed by atoms with van der Waals surface area (Å²) in [5.74, 6) is -1.92. The van der Waals surface area contributed by atoms with Crippen LogP contribution in [-0.4, -0.2) is 38.8 Å².